The van der Waals surface area contributed by atoms with Gasteiger partial charge < -0.3 is 14.7 Å². The van der Waals surface area contributed by atoms with E-state index in [4.69, 9.17) is 9.84 Å². The predicted molar refractivity (Wildman–Crippen MR) is 72.1 cm³/mol. The fourth-order valence-electron chi connectivity index (χ4n) is 2.13. The zero-order valence-corrected chi connectivity index (χ0v) is 11.7. The van der Waals surface area contributed by atoms with Crippen LogP contribution in [0.1, 0.15) is 23.8 Å². The Labute approximate surface area is 120 Å². The highest BCUT2D eigenvalue weighted by Gasteiger charge is 2.34. The van der Waals surface area contributed by atoms with E-state index in [2.05, 4.69) is 5.10 Å². The fourth-order valence-corrected chi connectivity index (χ4v) is 2.13. The molecule has 0 aromatic carbocycles. The Hall–Kier alpha value is -2.22. The van der Waals surface area contributed by atoms with E-state index in [0.717, 1.165) is 0 Å². The van der Waals surface area contributed by atoms with Crippen LogP contribution in [0.2, 0.25) is 0 Å². The Morgan fingerprint density at radius 1 is 1.48 bits per heavy atom. The minimum Gasteiger partial charge on any atom is -0.480 e. The summed E-state index contributed by atoms with van der Waals surface area (Å²) >= 11 is 0. The Kier molecular flexibility index (Phi) is 4.69. The Balaban J connectivity index is 2.28. The van der Waals surface area contributed by atoms with Gasteiger partial charge in [0.2, 0.25) is 0 Å². The molecule has 1 aliphatic heterocycles. The molecule has 0 radical (unpaired) electrons. The summed E-state index contributed by atoms with van der Waals surface area (Å²) in [6, 6.07) is 1.57. The molecule has 1 saturated heterocycles. The maximum Gasteiger partial charge on any atom is 0.328 e. The van der Waals surface area contributed by atoms with E-state index in [1.54, 1.807) is 0 Å². The van der Waals surface area contributed by atoms with Gasteiger partial charge in [-0.25, -0.2) is 9.48 Å². The topological polar surface area (TPSA) is 102 Å². The van der Waals surface area contributed by atoms with Crippen LogP contribution in [0.15, 0.2) is 16.9 Å². The van der Waals surface area contributed by atoms with Gasteiger partial charge in [-0.05, 0) is 12.5 Å². The van der Waals surface area contributed by atoms with Crippen molar-refractivity contribution in [3.8, 4) is 0 Å². The third kappa shape index (κ3) is 3.27. The van der Waals surface area contributed by atoms with Gasteiger partial charge >= 0.3 is 5.97 Å². The summed E-state index contributed by atoms with van der Waals surface area (Å²) in [5, 5.41) is 13.1. The van der Waals surface area contributed by atoms with Gasteiger partial charge in [0.05, 0.1) is 13.2 Å². The van der Waals surface area contributed by atoms with Crippen molar-refractivity contribution in [3.05, 3.63) is 28.2 Å². The zero-order chi connectivity index (χ0) is 15.4. The number of ether oxygens (including phenoxy) is 1. The number of carboxylic acids is 1. The van der Waals surface area contributed by atoms with Gasteiger partial charge in [-0.2, -0.15) is 5.10 Å². The lowest BCUT2D eigenvalue weighted by molar-refractivity contribution is -0.147. The molecule has 8 heteroatoms. The number of carbonyl (C=O) groups excluding carboxylic acids is 1. The van der Waals surface area contributed by atoms with Crippen molar-refractivity contribution in [2.75, 3.05) is 19.8 Å². The minimum absolute atomic E-state index is 0.0460. The average Bonchev–Trinajstić information content (AvgIpc) is 2.49. The molecule has 1 atom stereocenters. The average molecular weight is 295 g/mol. The third-order valence-electron chi connectivity index (χ3n) is 3.20. The van der Waals surface area contributed by atoms with Crippen LogP contribution in [-0.2, 0) is 16.1 Å². The number of carbonyl (C=O) groups is 2. The SMILES string of the molecule is CCCn1nc(C(=O)N2CCOCC2C(=O)O)ccc1=O. The summed E-state index contributed by atoms with van der Waals surface area (Å²) in [6.45, 7) is 2.72. The second kappa shape index (κ2) is 6.49. The molecule has 0 spiro atoms. The van der Waals surface area contributed by atoms with Crippen molar-refractivity contribution in [1.82, 2.24) is 14.7 Å². The van der Waals surface area contributed by atoms with Crippen molar-refractivity contribution >= 4 is 11.9 Å². The molecule has 1 aliphatic rings. The van der Waals surface area contributed by atoms with E-state index >= 15 is 0 Å². The molecule has 2 heterocycles. The smallest absolute Gasteiger partial charge is 0.328 e. The minimum atomic E-state index is -1.12. The van der Waals surface area contributed by atoms with Gasteiger partial charge in [-0.3, -0.25) is 9.59 Å². The number of aryl methyl sites for hydroxylation is 1. The van der Waals surface area contributed by atoms with Crippen LogP contribution in [0, 0.1) is 0 Å². The molecule has 8 nitrogen and oxygen atoms in total. The fraction of sp³-hybridized carbons (Fsp3) is 0.538. The van der Waals surface area contributed by atoms with E-state index < -0.39 is 17.9 Å². The number of amides is 1. The number of aliphatic carboxylic acids is 1. The Bertz CT molecular complexity index is 598. The highest BCUT2D eigenvalue weighted by molar-refractivity contribution is 5.95. The number of aromatic nitrogens is 2. The van der Waals surface area contributed by atoms with E-state index in [-0.39, 0.29) is 31.0 Å². The summed E-state index contributed by atoms with van der Waals surface area (Å²) in [4.78, 5) is 36.4. The Morgan fingerprint density at radius 3 is 2.90 bits per heavy atom. The normalized spacial score (nSPS) is 18.5. The molecule has 21 heavy (non-hydrogen) atoms. The van der Waals surface area contributed by atoms with E-state index in [9.17, 15) is 14.4 Å². The lowest BCUT2D eigenvalue weighted by atomic mass is 10.2. The van der Waals surface area contributed by atoms with Crippen LogP contribution in [0.5, 0.6) is 0 Å². The third-order valence-corrected chi connectivity index (χ3v) is 3.20. The summed E-state index contributed by atoms with van der Waals surface area (Å²) in [5.41, 5.74) is -0.221. The summed E-state index contributed by atoms with van der Waals surface area (Å²) < 4.78 is 6.30. The molecule has 1 aromatic rings. The van der Waals surface area contributed by atoms with Gasteiger partial charge in [-0.15, -0.1) is 0 Å². The molecular weight excluding hydrogens is 278 g/mol. The van der Waals surface area contributed by atoms with Crippen molar-refractivity contribution < 1.29 is 19.4 Å². The first kappa shape index (κ1) is 15.2. The second-order valence-corrected chi connectivity index (χ2v) is 4.71. The first-order chi connectivity index (χ1) is 10.0. The predicted octanol–water partition coefficient (Wildman–Crippen LogP) is -0.421. The van der Waals surface area contributed by atoms with Crippen molar-refractivity contribution in [3.63, 3.8) is 0 Å². The summed E-state index contributed by atoms with van der Waals surface area (Å²) in [7, 11) is 0. The first-order valence-corrected chi connectivity index (χ1v) is 6.74. The quantitative estimate of drug-likeness (QED) is 0.809. The molecule has 1 amide bonds. The lowest BCUT2D eigenvalue weighted by Gasteiger charge is -2.32. The van der Waals surface area contributed by atoms with Gasteiger partial charge in [0.25, 0.3) is 11.5 Å². The number of hydrogen-bond acceptors (Lipinski definition) is 5. The van der Waals surface area contributed by atoms with E-state index in [1.807, 2.05) is 6.92 Å². The second-order valence-electron chi connectivity index (χ2n) is 4.71. The van der Waals surface area contributed by atoms with E-state index in [0.29, 0.717) is 13.0 Å². The molecule has 1 fully saturated rings. The van der Waals surface area contributed by atoms with Crippen molar-refractivity contribution in [2.24, 2.45) is 0 Å². The maximum atomic E-state index is 12.4. The van der Waals surface area contributed by atoms with Crippen LogP contribution in [0.25, 0.3) is 0 Å². The number of rotatable bonds is 4. The molecular formula is C13H17N3O5. The highest BCUT2D eigenvalue weighted by Crippen LogP contribution is 2.11. The lowest BCUT2D eigenvalue weighted by Crippen LogP contribution is -2.53. The van der Waals surface area contributed by atoms with Crippen molar-refractivity contribution in [1.29, 1.82) is 0 Å². The van der Waals surface area contributed by atoms with Gasteiger partial charge in [0, 0.05) is 19.2 Å². The van der Waals surface area contributed by atoms with Gasteiger partial charge in [-0.1, -0.05) is 6.92 Å². The van der Waals surface area contributed by atoms with Gasteiger partial charge in [0.1, 0.15) is 5.69 Å². The molecule has 0 saturated carbocycles. The monoisotopic (exact) mass is 295 g/mol. The number of carboxylic acid groups (broad SMARTS) is 1. The summed E-state index contributed by atoms with van der Waals surface area (Å²) in [6.07, 6.45) is 0.708. The molecule has 0 bridgehead atoms. The van der Waals surface area contributed by atoms with Gasteiger partial charge in [0.15, 0.2) is 6.04 Å². The van der Waals surface area contributed by atoms with E-state index in [1.165, 1.54) is 21.7 Å². The molecule has 2 rings (SSSR count). The maximum absolute atomic E-state index is 12.4. The number of morpholine rings is 1. The first-order valence-electron chi connectivity index (χ1n) is 6.74. The zero-order valence-electron chi connectivity index (χ0n) is 11.7. The van der Waals surface area contributed by atoms with Crippen LogP contribution in [0.3, 0.4) is 0 Å². The molecule has 114 valence electrons. The van der Waals surface area contributed by atoms with Crippen LogP contribution < -0.4 is 5.56 Å². The Morgan fingerprint density at radius 2 is 2.24 bits per heavy atom. The number of hydrogen-bond donors (Lipinski definition) is 1. The van der Waals surface area contributed by atoms with Crippen LogP contribution in [-0.4, -0.2) is 57.5 Å². The standard InChI is InChI=1S/C13H17N3O5/c1-2-5-16-11(17)4-3-9(14-16)12(18)15-6-7-21-8-10(15)13(19)20/h3-4,10H,2,5-8H2,1H3,(H,19,20). The molecule has 1 aromatic heterocycles. The molecule has 1 N–H and O–H groups in total. The summed E-state index contributed by atoms with van der Waals surface area (Å²) in [5.74, 6) is -1.62. The van der Waals surface area contributed by atoms with Crippen LogP contribution >= 0.6 is 0 Å². The highest BCUT2D eigenvalue weighted by atomic mass is 16.5. The molecule has 1 unspecified atom stereocenters. The van der Waals surface area contributed by atoms with Crippen molar-refractivity contribution in [2.45, 2.75) is 25.9 Å². The molecule has 0 aliphatic carbocycles. The largest absolute Gasteiger partial charge is 0.480 e. The number of nitrogens with zero attached hydrogens (tertiary/aromatic N) is 3. The van der Waals surface area contributed by atoms with Crippen LogP contribution in [0.4, 0.5) is 0 Å².